The summed E-state index contributed by atoms with van der Waals surface area (Å²) in [5.74, 6) is 0.113. The van der Waals surface area contributed by atoms with Crippen molar-refractivity contribution in [3.63, 3.8) is 0 Å². The van der Waals surface area contributed by atoms with E-state index in [9.17, 15) is 5.11 Å². The van der Waals surface area contributed by atoms with Crippen molar-refractivity contribution >= 4 is 39.3 Å². The average Bonchev–Trinajstić information content (AvgIpc) is 2.27. The second kappa shape index (κ2) is 5.13. The summed E-state index contributed by atoms with van der Waals surface area (Å²) < 4.78 is 1.06. The number of hydrogen-bond acceptors (Lipinski definition) is 2. The molecule has 0 radical (unpaired) electrons. The van der Waals surface area contributed by atoms with Crippen LogP contribution in [0.1, 0.15) is 0 Å². The number of aromatic hydroxyl groups is 1. The molecule has 0 heterocycles. The van der Waals surface area contributed by atoms with Gasteiger partial charge in [0, 0.05) is 14.3 Å². The van der Waals surface area contributed by atoms with E-state index >= 15 is 0 Å². The Bertz CT molecular complexity index is 499. The van der Waals surface area contributed by atoms with Crippen molar-refractivity contribution in [3.8, 4) is 5.75 Å². The summed E-state index contributed by atoms with van der Waals surface area (Å²) in [6.07, 6.45) is 0. The van der Waals surface area contributed by atoms with Crippen LogP contribution in [0.15, 0.2) is 56.7 Å². The molecule has 0 aliphatic heterocycles. The predicted molar refractivity (Wildman–Crippen MR) is 71.4 cm³/mol. The first-order valence-electron chi connectivity index (χ1n) is 4.57. The van der Waals surface area contributed by atoms with Crippen LogP contribution in [-0.2, 0) is 0 Å². The van der Waals surface area contributed by atoms with E-state index in [1.807, 2.05) is 30.3 Å². The van der Waals surface area contributed by atoms with E-state index in [2.05, 4.69) is 15.9 Å². The third-order valence-corrected chi connectivity index (χ3v) is 3.80. The summed E-state index contributed by atoms with van der Waals surface area (Å²) >= 11 is 10.8. The van der Waals surface area contributed by atoms with Crippen molar-refractivity contribution < 1.29 is 5.11 Å². The Kier molecular flexibility index (Phi) is 3.79. The van der Waals surface area contributed by atoms with Gasteiger partial charge >= 0.3 is 0 Å². The molecule has 0 bridgehead atoms. The zero-order chi connectivity index (χ0) is 11.5. The summed E-state index contributed by atoms with van der Waals surface area (Å²) in [6.45, 7) is 0. The molecule has 4 heteroatoms. The minimum Gasteiger partial charge on any atom is -0.506 e. The van der Waals surface area contributed by atoms with Crippen molar-refractivity contribution in [3.05, 3.63) is 52.0 Å². The fraction of sp³-hybridized carbons (Fsp3) is 0. The molecule has 0 aliphatic carbocycles. The van der Waals surface area contributed by atoms with Crippen LogP contribution in [0.2, 0.25) is 5.02 Å². The van der Waals surface area contributed by atoms with Crippen molar-refractivity contribution in [1.82, 2.24) is 0 Å². The molecule has 0 fully saturated rings. The van der Waals surface area contributed by atoms with Crippen LogP contribution < -0.4 is 0 Å². The van der Waals surface area contributed by atoms with Crippen LogP contribution >= 0.6 is 39.3 Å². The Morgan fingerprint density at radius 3 is 2.25 bits per heavy atom. The van der Waals surface area contributed by atoms with E-state index in [0.717, 1.165) is 14.3 Å². The van der Waals surface area contributed by atoms with Crippen molar-refractivity contribution in [2.24, 2.45) is 0 Å². The molecule has 0 aliphatic rings. The number of halogens is 2. The van der Waals surface area contributed by atoms with Gasteiger partial charge in [-0.15, -0.1) is 0 Å². The highest BCUT2D eigenvalue weighted by Crippen LogP contribution is 2.33. The fourth-order valence-electron chi connectivity index (χ4n) is 1.19. The van der Waals surface area contributed by atoms with E-state index in [1.165, 1.54) is 0 Å². The Labute approximate surface area is 112 Å². The minimum absolute atomic E-state index is 0.113. The molecule has 0 amide bonds. The lowest BCUT2D eigenvalue weighted by molar-refractivity contribution is 0.475. The molecule has 0 spiro atoms. The zero-order valence-corrected chi connectivity index (χ0v) is 11.3. The third-order valence-electron chi connectivity index (χ3n) is 1.97. The molecule has 82 valence electrons. The molecule has 0 atom stereocenters. The Morgan fingerprint density at radius 1 is 1.00 bits per heavy atom. The SMILES string of the molecule is Oc1ccc(Sc2ccc(Br)cc2)cc1Cl. The highest BCUT2D eigenvalue weighted by Gasteiger charge is 2.01. The molecule has 0 saturated heterocycles. The van der Waals surface area contributed by atoms with E-state index < -0.39 is 0 Å². The number of benzene rings is 2. The maximum Gasteiger partial charge on any atom is 0.134 e. The minimum atomic E-state index is 0.113. The molecule has 2 rings (SSSR count). The molecule has 1 N–H and O–H groups in total. The Morgan fingerprint density at radius 2 is 1.62 bits per heavy atom. The van der Waals surface area contributed by atoms with Crippen molar-refractivity contribution in [1.29, 1.82) is 0 Å². The van der Waals surface area contributed by atoms with Gasteiger partial charge in [0.15, 0.2) is 0 Å². The van der Waals surface area contributed by atoms with E-state index in [4.69, 9.17) is 11.6 Å². The summed E-state index contributed by atoms with van der Waals surface area (Å²) in [4.78, 5) is 2.13. The van der Waals surface area contributed by atoms with Gasteiger partial charge in [-0.2, -0.15) is 0 Å². The van der Waals surface area contributed by atoms with Gasteiger partial charge < -0.3 is 5.11 Å². The smallest absolute Gasteiger partial charge is 0.134 e. The van der Waals surface area contributed by atoms with Crippen LogP contribution in [0, 0.1) is 0 Å². The molecule has 16 heavy (non-hydrogen) atoms. The average molecular weight is 316 g/mol. The molecule has 2 aromatic carbocycles. The van der Waals surface area contributed by atoms with E-state index in [1.54, 1.807) is 23.9 Å². The summed E-state index contributed by atoms with van der Waals surface area (Å²) in [7, 11) is 0. The molecular weight excluding hydrogens is 308 g/mol. The van der Waals surface area contributed by atoms with Crippen LogP contribution in [0.4, 0.5) is 0 Å². The molecule has 2 aromatic rings. The molecule has 0 saturated carbocycles. The summed E-state index contributed by atoms with van der Waals surface area (Å²) in [5, 5.41) is 9.68. The highest BCUT2D eigenvalue weighted by molar-refractivity contribution is 9.10. The molecule has 0 unspecified atom stereocenters. The second-order valence-corrected chi connectivity index (χ2v) is 5.64. The Hall–Kier alpha value is -0.640. The number of hydrogen-bond donors (Lipinski definition) is 1. The summed E-state index contributed by atoms with van der Waals surface area (Å²) in [5.41, 5.74) is 0. The standard InChI is InChI=1S/C12H8BrClOS/c13-8-1-3-9(4-2-8)16-10-5-6-12(15)11(14)7-10/h1-7,15H. The van der Waals surface area contributed by atoms with Crippen molar-refractivity contribution in [2.45, 2.75) is 9.79 Å². The van der Waals surface area contributed by atoms with Gasteiger partial charge in [-0.1, -0.05) is 39.3 Å². The lowest BCUT2D eigenvalue weighted by atomic mass is 10.3. The lowest BCUT2D eigenvalue weighted by Crippen LogP contribution is -1.75. The fourth-order valence-corrected chi connectivity index (χ4v) is 2.56. The van der Waals surface area contributed by atoms with Gasteiger partial charge in [0.25, 0.3) is 0 Å². The van der Waals surface area contributed by atoms with E-state index in [-0.39, 0.29) is 5.75 Å². The third kappa shape index (κ3) is 2.94. The molecule has 1 nitrogen and oxygen atoms in total. The first kappa shape index (κ1) is 11.8. The first-order valence-corrected chi connectivity index (χ1v) is 6.56. The van der Waals surface area contributed by atoms with Gasteiger partial charge in [-0.25, -0.2) is 0 Å². The Balaban J connectivity index is 2.20. The lowest BCUT2D eigenvalue weighted by Gasteiger charge is -2.03. The van der Waals surface area contributed by atoms with Gasteiger partial charge in [-0.05, 0) is 42.5 Å². The van der Waals surface area contributed by atoms with Crippen LogP contribution in [-0.4, -0.2) is 5.11 Å². The largest absolute Gasteiger partial charge is 0.506 e. The number of phenolic OH excluding ortho intramolecular Hbond substituents is 1. The van der Waals surface area contributed by atoms with E-state index in [0.29, 0.717) is 5.02 Å². The molecular formula is C12H8BrClOS. The van der Waals surface area contributed by atoms with Gasteiger partial charge in [-0.3, -0.25) is 0 Å². The van der Waals surface area contributed by atoms with Crippen LogP contribution in [0.5, 0.6) is 5.75 Å². The molecule has 0 aromatic heterocycles. The maximum absolute atomic E-state index is 9.30. The highest BCUT2D eigenvalue weighted by atomic mass is 79.9. The first-order chi connectivity index (χ1) is 7.65. The van der Waals surface area contributed by atoms with Gasteiger partial charge in [0.05, 0.1) is 5.02 Å². The van der Waals surface area contributed by atoms with Crippen LogP contribution in [0.25, 0.3) is 0 Å². The summed E-state index contributed by atoms with van der Waals surface area (Å²) in [6, 6.07) is 13.2. The second-order valence-electron chi connectivity index (χ2n) is 3.17. The van der Waals surface area contributed by atoms with Gasteiger partial charge in [0.2, 0.25) is 0 Å². The predicted octanol–water partition coefficient (Wildman–Crippen LogP) is 4.96. The topological polar surface area (TPSA) is 20.2 Å². The quantitative estimate of drug-likeness (QED) is 0.845. The number of rotatable bonds is 2. The number of phenols is 1. The zero-order valence-electron chi connectivity index (χ0n) is 8.15. The maximum atomic E-state index is 9.30. The normalized spacial score (nSPS) is 10.4. The monoisotopic (exact) mass is 314 g/mol. The van der Waals surface area contributed by atoms with Gasteiger partial charge in [0.1, 0.15) is 5.75 Å². The van der Waals surface area contributed by atoms with Crippen molar-refractivity contribution in [2.75, 3.05) is 0 Å². The van der Waals surface area contributed by atoms with Crippen LogP contribution in [0.3, 0.4) is 0 Å².